The number of nitrogens with two attached hydrogens (primary N) is 1. The van der Waals surface area contributed by atoms with Crippen LogP contribution < -0.4 is 25.4 Å². The molecule has 1 amide bonds. The van der Waals surface area contributed by atoms with Crippen LogP contribution in [0.25, 0.3) is 0 Å². The topological polar surface area (TPSA) is 126 Å². The van der Waals surface area contributed by atoms with Crippen molar-refractivity contribution in [2.24, 2.45) is 5.73 Å². The van der Waals surface area contributed by atoms with Crippen LogP contribution in [0.5, 0.6) is 5.75 Å². The Morgan fingerprint density at radius 2 is 1.88 bits per heavy atom. The maximum Gasteiger partial charge on any atom is 0.421 e. The third-order valence-corrected chi connectivity index (χ3v) is 7.60. The average Bonchev–Trinajstić information content (AvgIpc) is 3.42. The summed E-state index contributed by atoms with van der Waals surface area (Å²) in [5.41, 5.74) is 5.58. The standard InChI is InChI=1S/C23H24F4N6O3S.C5H11N/c1-12-5-6-13(18(7-12)33(2)37(4)35)10-29-21-15(23(25,26)27)11-30-22(32-21)31-17-9-16(24)14(20(28)34)8-19(17)36-3;1-6-4-2-3-5-6/h5-9,11H,10H2,1-4H3,(H2,28,34)(H2,29,30,31,32);2-5H2,1H3. The highest BCUT2D eigenvalue weighted by Crippen LogP contribution is 2.36. The Morgan fingerprint density at radius 1 is 1.21 bits per heavy atom. The van der Waals surface area contributed by atoms with Gasteiger partial charge in [-0.1, -0.05) is 12.1 Å². The van der Waals surface area contributed by atoms with Crippen LogP contribution >= 0.6 is 0 Å². The molecule has 3 aromatic rings. The van der Waals surface area contributed by atoms with Crippen LogP contribution in [-0.2, 0) is 23.7 Å². The number of methoxy groups -OCH3 is 1. The lowest BCUT2D eigenvalue weighted by Gasteiger charge is -2.21. The van der Waals surface area contributed by atoms with Gasteiger partial charge in [0.05, 0.1) is 24.0 Å². The second-order valence-electron chi connectivity index (χ2n) is 9.89. The minimum atomic E-state index is -4.77. The Kier molecular flexibility index (Phi) is 11.3. The van der Waals surface area contributed by atoms with E-state index in [1.165, 1.54) is 43.6 Å². The third-order valence-electron chi connectivity index (χ3n) is 6.64. The predicted octanol–water partition coefficient (Wildman–Crippen LogP) is 4.85. The monoisotopic (exact) mass is 625 g/mol. The molecule has 1 aromatic heterocycles. The lowest BCUT2D eigenvalue weighted by molar-refractivity contribution is -0.137. The molecule has 1 unspecified atom stereocenters. The molecular formula is C28H35F4N7O3S. The quantitative estimate of drug-likeness (QED) is 0.289. The molecule has 4 rings (SSSR count). The van der Waals surface area contributed by atoms with Gasteiger partial charge < -0.3 is 26.0 Å². The van der Waals surface area contributed by atoms with Gasteiger partial charge in [0.25, 0.3) is 5.91 Å². The molecule has 1 aliphatic heterocycles. The van der Waals surface area contributed by atoms with Crippen molar-refractivity contribution in [3.8, 4) is 5.75 Å². The van der Waals surface area contributed by atoms with Gasteiger partial charge in [-0.25, -0.2) is 13.6 Å². The number of hydrogen-bond donors (Lipinski definition) is 3. The van der Waals surface area contributed by atoms with Gasteiger partial charge in [0.15, 0.2) is 0 Å². The minimum absolute atomic E-state index is 0.00638. The van der Waals surface area contributed by atoms with Gasteiger partial charge in [0.1, 0.15) is 33.9 Å². The van der Waals surface area contributed by atoms with E-state index in [-0.39, 0.29) is 23.9 Å². The van der Waals surface area contributed by atoms with E-state index >= 15 is 0 Å². The van der Waals surface area contributed by atoms with Crippen molar-refractivity contribution in [2.45, 2.75) is 32.5 Å². The molecule has 0 aliphatic carbocycles. The fraction of sp³-hybridized carbons (Fsp3) is 0.393. The third kappa shape index (κ3) is 9.00. The molecule has 0 bridgehead atoms. The van der Waals surface area contributed by atoms with Crippen LogP contribution in [0, 0.1) is 12.7 Å². The number of likely N-dealkylation sites (tertiary alicyclic amines) is 1. The summed E-state index contributed by atoms with van der Waals surface area (Å²) in [4.78, 5) is 21.4. The Bertz CT molecular complexity index is 1470. The second kappa shape index (κ2) is 14.5. The van der Waals surface area contributed by atoms with Crippen LogP contribution in [0.4, 0.5) is 40.7 Å². The maximum atomic E-state index is 14.3. The normalized spacial score (nSPS) is 14.0. The number of anilines is 4. The van der Waals surface area contributed by atoms with E-state index < -0.39 is 45.8 Å². The predicted molar refractivity (Wildman–Crippen MR) is 159 cm³/mol. The van der Waals surface area contributed by atoms with E-state index in [1.54, 1.807) is 25.2 Å². The zero-order valence-electron chi connectivity index (χ0n) is 24.5. The molecule has 0 radical (unpaired) electrons. The van der Waals surface area contributed by atoms with E-state index in [1.807, 2.05) is 6.92 Å². The number of alkyl halides is 3. The van der Waals surface area contributed by atoms with Crippen molar-refractivity contribution in [1.29, 1.82) is 0 Å². The van der Waals surface area contributed by atoms with Gasteiger partial charge in [0, 0.05) is 32.1 Å². The highest BCUT2D eigenvalue weighted by Gasteiger charge is 2.35. The summed E-state index contributed by atoms with van der Waals surface area (Å²) < 4.78 is 74.0. The van der Waals surface area contributed by atoms with Crippen LogP contribution in [0.15, 0.2) is 36.5 Å². The molecule has 0 spiro atoms. The Labute approximate surface area is 250 Å². The smallest absolute Gasteiger partial charge is 0.421 e. The van der Waals surface area contributed by atoms with Crippen molar-refractivity contribution in [3.05, 3.63) is 64.6 Å². The Hall–Kier alpha value is -3.98. The minimum Gasteiger partial charge on any atom is -0.495 e. The SMILES string of the molecule is CN1CCCC1.COc1cc(C(N)=O)c(F)cc1Nc1ncc(C(F)(F)F)c(NCc2ccc(C)cc2N(C)S(C)=O)n1. The van der Waals surface area contributed by atoms with Crippen molar-refractivity contribution < 1.29 is 31.3 Å². The number of ether oxygens (including phenoxy) is 1. The number of carbonyl (C=O) groups excluding carboxylic acids is 1. The summed E-state index contributed by atoms with van der Waals surface area (Å²) in [7, 11) is 3.67. The summed E-state index contributed by atoms with van der Waals surface area (Å²) in [6.07, 6.45) is 0.122. The largest absolute Gasteiger partial charge is 0.495 e. The average molecular weight is 626 g/mol. The number of rotatable bonds is 9. The fourth-order valence-electron chi connectivity index (χ4n) is 4.22. The number of aryl methyl sites for hydroxylation is 1. The second-order valence-corrected chi connectivity index (χ2v) is 11.3. The number of aromatic nitrogens is 2. The van der Waals surface area contributed by atoms with Crippen LogP contribution in [0.1, 0.15) is 39.9 Å². The van der Waals surface area contributed by atoms with E-state index in [0.29, 0.717) is 17.4 Å². The van der Waals surface area contributed by atoms with Gasteiger partial charge in [-0.15, -0.1) is 0 Å². The highest BCUT2D eigenvalue weighted by molar-refractivity contribution is 7.85. The molecule has 234 valence electrons. The zero-order valence-corrected chi connectivity index (χ0v) is 25.3. The van der Waals surface area contributed by atoms with E-state index in [2.05, 4.69) is 32.5 Å². The number of nitrogens with zero attached hydrogens (tertiary/aromatic N) is 4. The molecule has 10 nitrogen and oxygen atoms in total. The molecule has 0 saturated carbocycles. The number of nitrogens with one attached hydrogen (secondary N) is 2. The van der Waals surface area contributed by atoms with Crippen molar-refractivity contribution in [2.75, 3.05) is 55.5 Å². The Morgan fingerprint density at radius 3 is 2.42 bits per heavy atom. The number of hydrogen-bond acceptors (Lipinski definition) is 8. The molecule has 1 fully saturated rings. The summed E-state index contributed by atoms with van der Waals surface area (Å²) in [6, 6.07) is 7.21. The number of carbonyl (C=O) groups is 1. The van der Waals surface area contributed by atoms with E-state index in [9.17, 15) is 26.6 Å². The fourth-order valence-corrected chi connectivity index (χ4v) is 4.67. The summed E-state index contributed by atoms with van der Waals surface area (Å²) in [6.45, 7) is 4.40. The first-order valence-corrected chi connectivity index (χ1v) is 14.7. The first-order valence-electron chi connectivity index (χ1n) is 13.2. The molecule has 1 atom stereocenters. The molecule has 1 saturated heterocycles. The van der Waals surface area contributed by atoms with E-state index in [4.69, 9.17) is 10.5 Å². The van der Waals surface area contributed by atoms with Gasteiger partial charge in [-0.3, -0.25) is 9.10 Å². The summed E-state index contributed by atoms with van der Waals surface area (Å²) >= 11 is 0. The number of primary amides is 1. The van der Waals surface area contributed by atoms with Gasteiger partial charge in [-0.05, 0) is 63.2 Å². The van der Waals surface area contributed by atoms with Crippen molar-refractivity contribution in [1.82, 2.24) is 14.9 Å². The van der Waals surface area contributed by atoms with Gasteiger partial charge >= 0.3 is 6.18 Å². The van der Waals surface area contributed by atoms with Gasteiger partial charge in [0.2, 0.25) is 5.95 Å². The first-order chi connectivity index (χ1) is 20.2. The lowest BCUT2D eigenvalue weighted by Crippen LogP contribution is -2.21. The summed E-state index contributed by atoms with van der Waals surface area (Å²) in [5.74, 6) is -2.83. The number of amides is 1. The molecule has 2 aromatic carbocycles. The molecule has 4 N–H and O–H groups in total. The first kappa shape index (κ1) is 33.5. The highest BCUT2D eigenvalue weighted by atomic mass is 32.2. The number of benzene rings is 2. The summed E-state index contributed by atoms with van der Waals surface area (Å²) in [5, 5.41) is 5.28. The van der Waals surface area contributed by atoms with Crippen molar-refractivity contribution >= 4 is 40.0 Å². The molecule has 15 heteroatoms. The molecule has 43 heavy (non-hydrogen) atoms. The lowest BCUT2D eigenvalue weighted by atomic mass is 10.1. The van der Waals surface area contributed by atoms with E-state index in [0.717, 1.165) is 17.7 Å². The van der Waals surface area contributed by atoms with Crippen LogP contribution in [0.3, 0.4) is 0 Å². The molecule has 1 aliphatic rings. The maximum absolute atomic E-state index is 14.3. The van der Waals surface area contributed by atoms with Gasteiger partial charge in [-0.2, -0.15) is 18.2 Å². The van der Waals surface area contributed by atoms with Crippen LogP contribution in [0.2, 0.25) is 0 Å². The van der Waals surface area contributed by atoms with Crippen LogP contribution in [-0.4, -0.2) is 65.5 Å². The molecular weight excluding hydrogens is 590 g/mol. The zero-order chi connectivity index (χ0) is 31.9. The molecule has 2 heterocycles. The number of halogens is 4. The van der Waals surface area contributed by atoms with Crippen molar-refractivity contribution in [3.63, 3.8) is 0 Å². The Balaban J connectivity index is 0.000000749.